The molecule has 0 spiro atoms. The summed E-state index contributed by atoms with van der Waals surface area (Å²) in [5.74, 6) is 0.504. The van der Waals surface area contributed by atoms with Gasteiger partial charge in [-0.15, -0.1) is 24.0 Å². The quantitative estimate of drug-likeness (QED) is 0.233. The van der Waals surface area contributed by atoms with Gasteiger partial charge in [-0.1, -0.05) is 30.3 Å². The lowest BCUT2D eigenvalue weighted by atomic mass is 10.1. The molecule has 1 saturated heterocycles. The number of guanidine groups is 1. The number of nitrogens with one attached hydrogen (secondary N) is 3. The zero-order valence-electron chi connectivity index (χ0n) is 15.3. The maximum Gasteiger partial charge on any atom is 0.324 e. The Bertz CT molecular complexity index is 593. The van der Waals surface area contributed by atoms with E-state index in [-0.39, 0.29) is 48.5 Å². The van der Waals surface area contributed by atoms with Crippen LogP contribution in [0.1, 0.15) is 25.8 Å². The molecule has 26 heavy (non-hydrogen) atoms. The van der Waals surface area contributed by atoms with Crippen molar-refractivity contribution in [3.8, 4) is 0 Å². The van der Waals surface area contributed by atoms with Gasteiger partial charge in [0.15, 0.2) is 5.96 Å². The molecule has 1 heterocycles. The lowest BCUT2D eigenvalue weighted by Gasteiger charge is -2.18. The number of halogens is 1. The Labute approximate surface area is 172 Å². The molecule has 1 aromatic rings. The maximum atomic E-state index is 11.5. The van der Waals surface area contributed by atoms with Crippen LogP contribution in [0.5, 0.6) is 0 Å². The van der Waals surface area contributed by atoms with Crippen LogP contribution in [0.4, 0.5) is 4.79 Å². The minimum atomic E-state index is -0.339. The Morgan fingerprint density at radius 2 is 2.04 bits per heavy atom. The minimum absolute atomic E-state index is 0. The van der Waals surface area contributed by atoms with E-state index in [4.69, 9.17) is 0 Å². The molecule has 2 rings (SSSR count). The number of aryl methyl sites for hydroxylation is 1. The summed E-state index contributed by atoms with van der Waals surface area (Å²) >= 11 is 0. The second-order valence-corrected chi connectivity index (χ2v) is 6.03. The molecule has 0 bridgehead atoms. The van der Waals surface area contributed by atoms with Gasteiger partial charge >= 0.3 is 6.03 Å². The molecule has 1 fully saturated rings. The first kappa shape index (κ1) is 22.2. The van der Waals surface area contributed by atoms with E-state index < -0.39 is 0 Å². The van der Waals surface area contributed by atoms with Crippen LogP contribution < -0.4 is 16.0 Å². The van der Waals surface area contributed by atoms with Crippen molar-refractivity contribution in [3.63, 3.8) is 0 Å². The highest BCUT2D eigenvalue weighted by atomic mass is 127. The number of urea groups is 1. The number of amides is 3. The second-order valence-electron chi connectivity index (χ2n) is 6.03. The number of benzene rings is 1. The van der Waals surface area contributed by atoms with Gasteiger partial charge in [-0.3, -0.25) is 14.7 Å². The topological polar surface area (TPSA) is 85.8 Å². The van der Waals surface area contributed by atoms with Gasteiger partial charge in [-0.25, -0.2) is 4.79 Å². The molecular formula is C18H28IN5O2. The van der Waals surface area contributed by atoms with Gasteiger partial charge in [0.2, 0.25) is 5.91 Å². The molecule has 3 amide bonds. The largest absolute Gasteiger partial charge is 0.357 e. The van der Waals surface area contributed by atoms with Gasteiger partial charge in [0.1, 0.15) is 0 Å². The Kier molecular flexibility index (Phi) is 10.0. The van der Waals surface area contributed by atoms with Gasteiger partial charge in [-0.2, -0.15) is 0 Å². The fourth-order valence-corrected chi connectivity index (χ4v) is 2.60. The molecule has 1 unspecified atom stereocenters. The smallest absolute Gasteiger partial charge is 0.324 e. The Morgan fingerprint density at radius 1 is 1.31 bits per heavy atom. The van der Waals surface area contributed by atoms with Gasteiger partial charge in [0, 0.05) is 12.6 Å². The van der Waals surface area contributed by atoms with Crippen molar-refractivity contribution in [2.24, 2.45) is 4.99 Å². The molecule has 1 aliphatic heterocycles. The van der Waals surface area contributed by atoms with Crippen molar-refractivity contribution in [1.82, 2.24) is 20.9 Å². The summed E-state index contributed by atoms with van der Waals surface area (Å²) in [6, 6.07) is 10.3. The summed E-state index contributed by atoms with van der Waals surface area (Å²) in [6.07, 6.45) is 1.98. The van der Waals surface area contributed by atoms with Crippen molar-refractivity contribution in [2.75, 3.05) is 26.2 Å². The number of carbonyl (C=O) groups excluding carboxylic acids is 2. The van der Waals surface area contributed by atoms with Crippen LogP contribution in [0.15, 0.2) is 35.3 Å². The van der Waals surface area contributed by atoms with Crippen molar-refractivity contribution in [3.05, 3.63) is 35.9 Å². The number of rotatable bonds is 8. The molecule has 0 radical (unpaired) electrons. The van der Waals surface area contributed by atoms with Gasteiger partial charge in [-0.05, 0) is 32.3 Å². The van der Waals surface area contributed by atoms with Crippen molar-refractivity contribution in [2.45, 2.75) is 32.7 Å². The fourth-order valence-electron chi connectivity index (χ4n) is 2.60. The number of aliphatic imine (C=N–C) groups is 1. The van der Waals surface area contributed by atoms with Gasteiger partial charge < -0.3 is 16.0 Å². The van der Waals surface area contributed by atoms with Crippen LogP contribution in [-0.2, 0) is 11.2 Å². The SMILES string of the molecule is CCNC(=NCCN1C(=O)CNC1=O)NC(C)CCc1ccccc1.I. The van der Waals surface area contributed by atoms with Crippen LogP contribution in [0.25, 0.3) is 0 Å². The fraction of sp³-hybridized carbons (Fsp3) is 0.500. The number of carbonyl (C=O) groups is 2. The Balaban J connectivity index is 0.00000338. The molecule has 0 aliphatic carbocycles. The first-order valence-corrected chi connectivity index (χ1v) is 8.77. The van der Waals surface area contributed by atoms with E-state index in [1.54, 1.807) is 0 Å². The highest BCUT2D eigenvalue weighted by Gasteiger charge is 2.27. The lowest BCUT2D eigenvalue weighted by Crippen LogP contribution is -2.43. The number of hydrogen-bond acceptors (Lipinski definition) is 3. The third-order valence-electron chi connectivity index (χ3n) is 3.97. The summed E-state index contributed by atoms with van der Waals surface area (Å²) in [6.45, 7) is 5.62. The average Bonchev–Trinajstić information content (AvgIpc) is 2.93. The van der Waals surface area contributed by atoms with Crippen LogP contribution in [0, 0.1) is 0 Å². The van der Waals surface area contributed by atoms with E-state index >= 15 is 0 Å². The molecule has 8 heteroatoms. The third-order valence-corrected chi connectivity index (χ3v) is 3.97. The molecule has 0 aromatic heterocycles. The molecule has 7 nitrogen and oxygen atoms in total. The summed E-state index contributed by atoms with van der Waals surface area (Å²) in [5.41, 5.74) is 1.32. The zero-order chi connectivity index (χ0) is 18.1. The Morgan fingerprint density at radius 3 is 2.65 bits per heavy atom. The van der Waals surface area contributed by atoms with Crippen LogP contribution in [-0.4, -0.2) is 55.0 Å². The van der Waals surface area contributed by atoms with Gasteiger partial charge in [0.05, 0.1) is 19.6 Å². The average molecular weight is 473 g/mol. The van der Waals surface area contributed by atoms with E-state index in [9.17, 15) is 9.59 Å². The van der Waals surface area contributed by atoms with E-state index in [0.29, 0.717) is 19.0 Å². The number of hydrogen-bond donors (Lipinski definition) is 3. The molecule has 1 aliphatic rings. The highest BCUT2D eigenvalue weighted by molar-refractivity contribution is 14.0. The normalized spacial score (nSPS) is 15.3. The molecular weight excluding hydrogens is 445 g/mol. The number of nitrogens with zero attached hydrogens (tertiary/aromatic N) is 2. The minimum Gasteiger partial charge on any atom is -0.357 e. The third kappa shape index (κ3) is 7.19. The summed E-state index contributed by atoms with van der Waals surface area (Å²) in [7, 11) is 0. The van der Waals surface area contributed by atoms with E-state index in [1.165, 1.54) is 10.5 Å². The van der Waals surface area contributed by atoms with Crippen LogP contribution in [0.2, 0.25) is 0 Å². The summed E-state index contributed by atoms with van der Waals surface area (Å²) in [5, 5.41) is 9.07. The van der Waals surface area contributed by atoms with Gasteiger partial charge in [0.25, 0.3) is 0 Å². The lowest BCUT2D eigenvalue weighted by molar-refractivity contribution is -0.124. The monoisotopic (exact) mass is 473 g/mol. The molecule has 144 valence electrons. The predicted molar refractivity (Wildman–Crippen MR) is 114 cm³/mol. The van der Waals surface area contributed by atoms with E-state index in [2.05, 4.69) is 52.1 Å². The van der Waals surface area contributed by atoms with E-state index in [0.717, 1.165) is 19.4 Å². The highest BCUT2D eigenvalue weighted by Crippen LogP contribution is 2.04. The molecule has 1 aromatic carbocycles. The summed E-state index contributed by atoms with van der Waals surface area (Å²) < 4.78 is 0. The van der Waals surface area contributed by atoms with Crippen molar-refractivity contribution >= 4 is 41.9 Å². The first-order chi connectivity index (χ1) is 12.1. The van der Waals surface area contributed by atoms with Crippen molar-refractivity contribution < 1.29 is 9.59 Å². The summed E-state index contributed by atoms with van der Waals surface area (Å²) in [4.78, 5) is 28.7. The molecule has 0 saturated carbocycles. The first-order valence-electron chi connectivity index (χ1n) is 8.77. The zero-order valence-corrected chi connectivity index (χ0v) is 17.7. The molecule has 1 atom stereocenters. The Hall–Kier alpha value is -1.84. The predicted octanol–water partition coefficient (Wildman–Crippen LogP) is 1.73. The number of imide groups is 1. The van der Waals surface area contributed by atoms with Crippen LogP contribution >= 0.6 is 24.0 Å². The maximum absolute atomic E-state index is 11.5. The molecule has 3 N–H and O–H groups in total. The standard InChI is InChI=1S/C18H27N5O2.HI/c1-3-19-17(20-11-12-23-16(24)13-21-18(23)25)22-14(2)9-10-15-7-5-4-6-8-15;/h4-8,14H,3,9-13H2,1-2H3,(H,21,25)(H2,19,20,22);1H. The van der Waals surface area contributed by atoms with E-state index in [1.807, 2.05) is 13.0 Å². The van der Waals surface area contributed by atoms with Crippen molar-refractivity contribution in [1.29, 1.82) is 0 Å². The second kappa shape index (κ2) is 11.7. The van der Waals surface area contributed by atoms with Crippen LogP contribution in [0.3, 0.4) is 0 Å².